The van der Waals surface area contributed by atoms with E-state index in [1.807, 2.05) is 6.20 Å². The third kappa shape index (κ3) is 4.85. The fraction of sp³-hybridized carbons (Fsp3) is 0.519. The van der Waals surface area contributed by atoms with Crippen LogP contribution >= 0.6 is 15.9 Å². The lowest BCUT2D eigenvalue weighted by molar-refractivity contribution is -0.134. The number of likely N-dealkylation sites (tertiary alicyclic amines) is 1. The Hall–Kier alpha value is -2.43. The van der Waals surface area contributed by atoms with Crippen LogP contribution in [0.25, 0.3) is 0 Å². The Bertz CT molecular complexity index is 1040. The number of nitrogens with zero attached hydrogens (tertiary/aromatic N) is 5. The molecule has 2 aromatic rings. The van der Waals surface area contributed by atoms with Gasteiger partial charge in [0.1, 0.15) is 0 Å². The minimum Gasteiger partial charge on any atom is -0.340 e. The average molecular weight is 522 g/mol. The number of aromatic nitrogens is 1. The Kier molecular flexibility index (Phi) is 6.89. The summed E-state index contributed by atoms with van der Waals surface area (Å²) in [7, 11) is 0. The zero-order valence-electron chi connectivity index (χ0n) is 19.8. The highest BCUT2D eigenvalue weighted by atomic mass is 79.9. The molecule has 2 fully saturated rings. The number of carbonyl (C=O) groups excluding carboxylic acids is 1. The van der Waals surface area contributed by atoms with Crippen LogP contribution in [0, 0.1) is 24.3 Å². The molecule has 0 spiro atoms. The molecule has 6 nitrogen and oxygen atoms in total. The molecule has 1 atom stereocenters. The first-order valence-electron chi connectivity index (χ1n) is 12.4. The van der Waals surface area contributed by atoms with E-state index in [0.717, 1.165) is 75.1 Å². The maximum atomic E-state index is 13.0. The molecule has 0 saturated carbocycles. The Morgan fingerprint density at radius 3 is 2.56 bits per heavy atom. The van der Waals surface area contributed by atoms with Gasteiger partial charge in [0.2, 0.25) is 5.91 Å². The van der Waals surface area contributed by atoms with E-state index < -0.39 is 0 Å². The molecule has 2 saturated heterocycles. The van der Waals surface area contributed by atoms with E-state index in [4.69, 9.17) is 10.2 Å². The van der Waals surface area contributed by atoms with Gasteiger partial charge in [-0.15, -0.1) is 0 Å². The number of hydrogen-bond acceptors (Lipinski definition) is 5. The summed E-state index contributed by atoms with van der Waals surface area (Å²) in [5.74, 6) is 0.677. The number of pyridine rings is 1. The molecular weight excluding hydrogens is 490 g/mol. The van der Waals surface area contributed by atoms with Gasteiger partial charge in [0, 0.05) is 56.4 Å². The number of piperazine rings is 1. The molecule has 0 radical (unpaired) electrons. The predicted molar refractivity (Wildman–Crippen MR) is 135 cm³/mol. The van der Waals surface area contributed by atoms with Crippen LogP contribution in [0.15, 0.2) is 34.9 Å². The van der Waals surface area contributed by atoms with Crippen molar-refractivity contribution in [1.82, 2.24) is 19.7 Å². The second kappa shape index (κ2) is 10.1. The van der Waals surface area contributed by atoms with Gasteiger partial charge >= 0.3 is 0 Å². The van der Waals surface area contributed by atoms with E-state index in [-0.39, 0.29) is 11.9 Å². The lowest BCUT2D eigenvalue weighted by Crippen LogP contribution is -2.50. The SMILES string of the molecule is Cc1ccc2c(c1)CCc1cc(Br)cnc1C2N1CCN(C(=O)CC2CCN(C#N)CC2)CC1. The van der Waals surface area contributed by atoms with Crippen molar-refractivity contribution in [3.05, 3.63) is 62.9 Å². The highest BCUT2D eigenvalue weighted by Crippen LogP contribution is 2.37. The molecule has 0 bridgehead atoms. The Labute approximate surface area is 210 Å². The van der Waals surface area contributed by atoms with Crippen molar-refractivity contribution in [1.29, 1.82) is 5.26 Å². The lowest BCUT2D eigenvalue weighted by atomic mass is 9.93. The predicted octanol–water partition coefficient (Wildman–Crippen LogP) is 4.07. The summed E-state index contributed by atoms with van der Waals surface area (Å²) in [6.07, 6.45) is 8.67. The molecular formula is C27H32BrN5O. The molecule has 34 heavy (non-hydrogen) atoms. The van der Waals surface area contributed by atoms with Gasteiger partial charge in [-0.05, 0) is 77.2 Å². The first-order chi connectivity index (χ1) is 16.5. The van der Waals surface area contributed by atoms with Gasteiger partial charge in [0.05, 0.1) is 11.7 Å². The molecule has 1 aliphatic carbocycles. The summed E-state index contributed by atoms with van der Waals surface area (Å²) in [5.41, 5.74) is 6.56. The number of aryl methyl sites for hydroxylation is 3. The van der Waals surface area contributed by atoms with Crippen LogP contribution in [0.1, 0.15) is 53.3 Å². The van der Waals surface area contributed by atoms with Gasteiger partial charge in [-0.2, -0.15) is 5.26 Å². The van der Waals surface area contributed by atoms with Crippen LogP contribution in [0.4, 0.5) is 0 Å². The summed E-state index contributed by atoms with van der Waals surface area (Å²) in [4.78, 5) is 24.3. The smallest absolute Gasteiger partial charge is 0.222 e. The zero-order valence-corrected chi connectivity index (χ0v) is 21.4. The van der Waals surface area contributed by atoms with Crippen molar-refractivity contribution >= 4 is 21.8 Å². The van der Waals surface area contributed by atoms with Crippen LogP contribution in [0.2, 0.25) is 0 Å². The second-order valence-electron chi connectivity index (χ2n) is 9.95. The van der Waals surface area contributed by atoms with Crippen LogP contribution in [0.3, 0.4) is 0 Å². The molecule has 1 aromatic heterocycles. The van der Waals surface area contributed by atoms with Gasteiger partial charge in [-0.3, -0.25) is 14.7 Å². The maximum Gasteiger partial charge on any atom is 0.222 e. The monoisotopic (exact) mass is 521 g/mol. The molecule has 5 rings (SSSR count). The minimum atomic E-state index is 0.133. The fourth-order valence-corrected chi connectivity index (χ4v) is 6.16. The number of fused-ring (bicyclic) bond motifs is 2. The van der Waals surface area contributed by atoms with Crippen LogP contribution in [-0.4, -0.2) is 64.9 Å². The molecule has 2 aliphatic heterocycles. The highest BCUT2D eigenvalue weighted by molar-refractivity contribution is 9.10. The van der Waals surface area contributed by atoms with Crippen molar-refractivity contribution in [2.75, 3.05) is 39.3 Å². The minimum absolute atomic E-state index is 0.133. The molecule has 1 amide bonds. The van der Waals surface area contributed by atoms with Crippen LogP contribution in [-0.2, 0) is 17.6 Å². The quantitative estimate of drug-likeness (QED) is 0.569. The van der Waals surface area contributed by atoms with E-state index in [0.29, 0.717) is 12.3 Å². The second-order valence-corrected chi connectivity index (χ2v) is 10.9. The zero-order chi connectivity index (χ0) is 23.7. The summed E-state index contributed by atoms with van der Waals surface area (Å²) in [6.45, 7) is 6.97. The molecule has 1 aromatic carbocycles. The average Bonchev–Trinajstić information content (AvgIpc) is 3.01. The van der Waals surface area contributed by atoms with Gasteiger partial charge in [-0.1, -0.05) is 23.8 Å². The van der Waals surface area contributed by atoms with Gasteiger partial charge in [0.15, 0.2) is 6.19 Å². The van der Waals surface area contributed by atoms with Crippen molar-refractivity contribution < 1.29 is 4.79 Å². The number of rotatable bonds is 3. The molecule has 7 heteroatoms. The molecule has 3 heterocycles. The summed E-state index contributed by atoms with van der Waals surface area (Å²) in [6, 6.07) is 9.20. The lowest BCUT2D eigenvalue weighted by Gasteiger charge is -2.40. The van der Waals surface area contributed by atoms with Gasteiger partial charge in [0.25, 0.3) is 0 Å². The maximum absolute atomic E-state index is 13.0. The van der Waals surface area contributed by atoms with Crippen LogP contribution in [0.5, 0.6) is 0 Å². The van der Waals surface area contributed by atoms with Crippen molar-refractivity contribution in [3.63, 3.8) is 0 Å². The van der Waals surface area contributed by atoms with E-state index >= 15 is 0 Å². The van der Waals surface area contributed by atoms with E-state index in [9.17, 15) is 4.79 Å². The van der Waals surface area contributed by atoms with Crippen molar-refractivity contribution in [3.8, 4) is 6.19 Å². The fourth-order valence-electron chi connectivity index (χ4n) is 5.78. The molecule has 0 N–H and O–H groups in total. The molecule has 1 unspecified atom stereocenters. The normalized spacial score (nSPS) is 21.4. The number of hydrogen-bond donors (Lipinski definition) is 0. The number of carbonyl (C=O) groups is 1. The summed E-state index contributed by atoms with van der Waals surface area (Å²) >= 11 is 3.61. The Morgan fingerprint density at radius 1 is 1.09 bits per heavy atom. The van der Waals surface area contributed by atoms with E-state index in [2.05, 4.69) is 63.1 Å². The number of halogens is 1. The van der Waals surface area contributed by atoms with Crippen LogP contribution < -0.4 is 0 Å². The molecule has 178 valence electrons. The number of piperidine rings is 1. The first-order valence-corrected chi connectivity index (χ1v) is 13.2. The number of benzene rings is 1. The molecule has 3 aliphatic rings. The van der Waals surface area contributed by atoms with Gasteiger partial charge < -0.3 is 9.80 Å². The van der Waals surface area contributed by atoms with Crippen molar-refractivity contribution in [2.45, 2.75) is 45.1 Å². The first kappa shape index (κ1) is 23.3. The Morgan fingerprint density at radius 2 is 1.82 bits per heavy atom. The van der Waals surface area contributed by atoms with Gasteiger partial charge in [-0.25, -0.2) is 0 Å². The number of amides is 1. The Balaban J connectivity index is 1.30. The summed E-state index contributed by atoms with van der Waals surface area (Å²) < 4.78 is 1.03. The van der Waals surface area contributed by atoms with Crippen molar-refractivity contribution in [2.24, 2.45) is 5.92 Å². The third-order valence-electron chi connectivity index (χ3n) is 7.74. The highest BCUT2D eigenvalue weighted by Gasteiger charge is 2.33. The van der Waals surface area contributed by atoms with E-state index in [1.165, 1.54) is 22.3 Å². The topological polar surface area (TPSA) is 63.5 Å². The standard InChI is InChI=1S/C27H32BrN5O/c1-19-2-5-24-21(14-19)3-4-22-16-23(28)17-30-26(22)27(24)33-12-10-32(11-13-33)25(34)15-20-6-8-31(18-29)9-7-20/h2,5,14,16-17,20,27H,3-4,6-13,15H2,1H3. The number of nitriles is 1. The summed E-state index contributed by atoms with van der Waals surface area (Å²) in [5, 5.41) is 9.05. The van der Waals surface area contributed by atoms with E-state index in [1.54, 1.807) is 4.90 Å². The third-order valence-corrected chi connectivity index (χ3v) is 8.17. The largest absolute Gasteiger partial charge is 0.340 e.